The van der Waals surface area contributed by atoms with E-state index >= 15 is 0 Å². The van der Waals surface area contributed by atoms with Crippen molar-refractivity contribution in [2.75, 3.05) is 37.6 Å². The van der Waals surface area contributed by atoms with E-state index in [1.165, 1.54) is 0 Å². The molecule has 8 heteroatoms. The molecule has 0 N–H and O–H groups in total. The monoisotopic (exact) mass is 625 g/mol. The topological polar surface area (TPSA) is 90.7 Å². The van der Waals surface area contributed by atoms with Crippen molar-refractivity contribution in [1.29, 1.82) is 5.26 Å². The smallest absolute Gasteiger partial charge is 0.305 e. The molecule has 1 aliphatic carbocycles. The standard InChI is InChI=1S/C37H43N3O4S/c1-2-36(41)44-35-15-9-14-34(35)37(27-38,29-10-5-3-6-11-29)30-20-22-39(23-21-30)24-28-25-40(26-28)31-16-18-33(19-17-31)45(42,43)32-12-7-4-8-13-32/h3-8,10-13,16-19,28,30,34-35H,2,9,14-15,20-26H2,1H3/t34-,35-,37?/m0/s1. The molecule has 6 rings (SSSR count). The number of sulfone groups is 1. The van der Waals surface area contributed by atoms with Gasteiger partial charge in [-0.05, 0) is 93.1 Å². The second kappa shape index (κ2) is 13.4. The molecule has 2 saturated heterocycles. The van der Waals surface area contributed by atoms with Crippen molar-refractivity contribution in [2.45, 2.75) is 66.8 Å². The third-order valence-corrected chi connectivity index (χ3v) is 12.1. The molecule has 3 aromatic rings. The number of nitrogens with zero attached hydrogens (tertiary/aromatic N) is 3. The lowest BCUT2D eigenvalue weighted by Crippen LogP contribution is -2.54. The molecule has 0 aromatic heterocycles. The summed E-state index contributed by atoms with van der Waals surface area (Å²) < 4.78 is 31.8. The van der Waals surface area contributed by atoms with Gasteiger partial charge in [0.15, 0.2) is 0 Å². The molecule has 1 unspecified atom stereocenters. The summed E-state index contributed by atoms with van der Waals surface area (Å²) in [5, 5.41) is 10.9. The van der Waals surface area contributed by atoms with Gasteiger partial charge in [-0.3, -0.25) is 4.79 Å². The molecule has 0 amide bonds. The fourth-order valence-electron chi connectivity index (χ4n) is 7.95. The van der Waals surface area contributed by atoms with Crippen LogP contribution >= 0.6 is 0 Å². The van der Waals surface area contributed by atoms with Crippen molar-refractivity contribution < 1.29 is 17.9 Å². The largest absolute Gasteiger partial charge is 0.462 e. The van der Waals surface area contributed by atoms with Gasteiger partial charge in [0.1, 0.15) is 6.10 Å². The number of ether oxygens (including phenoxy) is 1. The highest BCUT2D eigenvalue weighted by molar-refractivity contribution is 7.91. The van der Waals surface area contributed by atoms with Crippen molar-refractivity contribution >= 4 is 21.5 Å². The number of esters is 1. The maximum atomic E-state index is 12.9. The predicted octanol–water partition coefficient (Wildman–Crippen LogP) is 6.25. The first-order valence-electron chi connectivity index (χ1n) is 16.4. The van der Waals surface area contributed by atoms with Crippen molar-refractivity contribution in [3.63, 3.8) is 0 Å². The first-order chi connectivity index (χ1) is 21.8. The molecule has 236 valence electrons. The van der Waals surface area contributed by atoms with E-state index in [0.717, 1.165) is 76.1 Å². The number of carbonyl (C=O) groups excluding carboxylic acids is 1. The molecule has 7 nitrogen and oxygen atoms in total. The maximum absolute atomic E-state index is 12.9. The quantitative estimate of drug-likeness (QED) is 0.246. The van der Waals surface area contributed by atoms with E-state index in [1.54, 1.807) is 36.4 Å². The molecule has 0 spiro atoms. The Morgan fingerprint density at radius 3 is 2.13 bits per heavy atom. The van der Waals surface area contributed by atoms with Gasteiger partial charge in [0.25, 0.3) is 0 Å². The molecule has 2 aliphatic heterocycles. The molecule has 2 heterocycles. The van der Waals surface area contributed by atoms with Crippen LogP contribution in [0.4, 0.5) is 5.69 Å². The first-order valence-corrected chi connectivity index (χ1v) is 17.9. The first kappa shape index (κ1) is 31.3. The zero-order valence-electron chi connectivity index (χ0n) is 26.1. The number of hydrogen-bond acceptors (Lipinski definition) is 7. The van der Waals surface area contributed by atoms with Crippen LogP contribution in [0, 0.1) is 29.1 Å². The number of likely N-dealkylation sites (tertiary alicyclic amines) is 1. The summed E-state index contributed by atoms with van der Waals surface area (Å²) in [5.74, 6) is 0.586. The Morgan fingerprint density at radius 2 is 1.51 bits per heavy atom. The number of nitriles is 1. The molecule has 3 fully saturated rings. The number of carbonyl (C=O) groups is 1. The van der Waals surface area contributed by atoms with Crippen molar-refractivity contribution in [2.24, 2.45) is 17.8 Å². The van der Waals surface area contributed by atoms with Crippen LogP contribution in [0.25, 0.3) is 0 Å². The average Bonchev–Trinajstić information content (AvgIpc) is 3.53. The van der Waals surface area contributed by atoms with Crippen LogP contribution in [0.1, 0.15) is 51.0 Å². The normalized spacial score (nSPS) is 22.7. The summed E-state index contributed by atoms with van der Waals surface area (Å²) in [6.45, 7) is 6.65. The van der Waals surface area contributed by atoms with Gasteiger partial charge in [-0.1, -0.05) is 55.5 Å². The van der Waals surface area contributed by atoms with Crippen LogP contribution in [-0.4, -0.2) is 58.1 Å². The Labute approximate surface area is 267 Å². The average molecular weight is 626 g/mol. The highest BCUT2D eigenvalue weighted by Gasteiger charge is 2.53. The Balaban J connectivity index is 1.07. The zero-order valence-corrected chi connectivity index (χ0v) is 26.9. The van der Waals surface area contributed by atoms with Gasteiger partial charge in [-0.2, -0.15) is 5.26 Å². The minimum Gasteiger partial charge on any atom is -0.462 e. The number of rotatable bonds is 10. The van der Waals surface area contributed by atoms with Crippen LogP contribution in [0.3, 0.4) is 0 Å². The Bertz CT molecular complexity index is 1590. The predicted molar refractivity (Wildman–Crippen MR) is 174 cm³/mol. The second-order valence-corrected chi connectivity index (χ2v) is 14.9. The molecule has 45 heavy (non-hydrogen) atoms. The molecule has 3 aliphatic rings. The minimum absolute atomic E-state index is 0.00575. The number of anilines is 1. The third-order valence-electron chi connectivity index (χ3n) is 10.3. The molecule has 0 bridgehead atoms. The lowest BCUT2D eigenvalue weighted by molar-refractivity contribution is -0.151. The number of hydrogen-bond donors (Lipinski definition) is 0. The van der Waals surface area contributed by atoms with Gasteiger partial charge in [0, 0.05) is 43.6 Å². The van der Waals surface area contributed by atoms with Gasteiger partial charge in [0.2, 0.25) is 9.84 Å². The van der Waals surface area contributed by atoms with Gasteiger partial charge in [-0.25, -0.2) is 8.42 Å². The van der Waals surface area contributed by atoms with Gasteiger partial charge in [0.05, 0.1) is 21.3 Å². The van der Waals surface area contributed by atoms with Crippen molar-refractivity contribution in [3.8, 4) is 6.07 Å². The van der Waals surface area contributed by atoms with Gasteiger partial charge < -0.3 is 14.5 Å². The van der Waals surface area contributed by atoms with E-state index in [2.05, 4.69) is 28.0 Å². The lowest BCUT2D eigenvalue weighted by atomic mass is 9.59. The molecule has 3 aromatic carbocycles. The van der Waals surface area contributed by atoms with Gasteiger partial charge in [-0.15, -0.1) is 0 Å². The number of piperidine rings is 1. The summed E-state index contributed by atoms with van der Waals surface area (Å²) in [6.07, 6.45) is 4.75. The highest BCUT2D eigenvalue weighted by Crippen LogP contribution is 2.51. The van der Waals surface area contributed by atoms with Crippen LogP contribution < -0.4 is 4.90 Å². The maximum Gasteiger partial charge on any atom is 0.305 e. The summed E-state index contributed by atoms with van der Waals surface area (Å²) in [5.41, 5.74) is 1.44. The molecule has 0 radical (unpaired) electrons. The van der Waals surface area contributed by atoms with E-state index in [4.69, 9.17) is 4.74 Å². The minimum atomic E-state index is -3.52. The SMILES string of the molecule is CCC(=O)O[C@H]1CCC[C@@H]1C(C#N)(c1ccccc1)C1CCN(CC2CN(c3ccc(S(=O)(=O)c4ccccc4)cc3)C2)CC1. The van der Waals surface area contributed by atoms with E-state index in [-0.39, 0.29) is 23.9 Å². The Hall–Kier alpha value is -3.67. The molecular formula is C37H43N3O4S. The van der Waals surface area contributed by atoms with E-state index in [0.29, 0.717) is 22.1 Å². The summed E-state index contributed by atoms with van der Waals surface area (Å²) >= 11 is 0. The van der Waals surface area contributed by atoms with E-state index in [1.807, 2.05) is 43.3 Å². The fraction of sp³-hybridized carbons (Fsp3) is 0.459. The summed E-state index contributed by atoms with van der Waals surface area (Å²) in [7, 11) is -3.52. The lowest BCUT2D eigenvalue weighted by Gasteiger charge is -2.48. The fourth-order valence-corrected chi connectivity index (χ4v) is 9.23. The van der Waals surface area contributed by atoms with Gasteiger partial charge >= 0.3 is 5.97 Å². The van der Waals surface area contributed by atoms with E-state index in [9.17, 15) is 18.5 Å². The molecule has 1 saturated carbocycles. The molecular weight excluding hydrogens is 582 g/mol. The van der Waals surface area contributed by atoms with E-state index < -0.39 is 15.3 Å². The van der Waals surface area contributed by atoms with Crippen molar-refractivity contribution in [3.05, 3.63) is 90.5 Å². The Morgan fingerprint density at radius 1 is 0.889 bits per heavy atom. The summed E-state index contributed by atoms with van der Waals surface area (Å²) in [6, 6.07) is 28.9. The number of benzene rings is 3. The van der Waals surface area contributed by atoms with Crippen LogP contribution in [0.2, 0.25) is 0 Å². The zero-order chi connectivity index (χ0) is 31.4. The Kier molecular flexibility index (Phi) is 9.30. The molecule has 3 atom stereocenters. The second-order valence-electron chi connectivity index (χ2n) is 12.9. The van der Waals surface area contributed by atoms with Crippen LogP contribution in [-0.2, 0) is 24.8 Å². The summed E-state index contributed by atoms with van der Waals surface area (Å²) in [4.78, 5) is 17.8. The van der Waals surface area contributed by atoms with Crippen LogP contribution in [0.15, 0.2) is 94.7 Å². The highest BCUT2D eigenvalue weighted by atomic mass is 32.2. The third kappa shape index (κ3) is 6.25. The van der Waals surface area contributed by atoms with Crippen molar-refractivity contribution in [1.82, 2.24) is 4.90 Å². The van der Waals surface area contributed by atoms with Crippen LogP contribution in [0.5, 0.6) is 0 Å².